The Hall–Kier alpha value is -3.15. The van der Waals surface area contributed by atoms with E-state index in [0.29, 0.717) is 23.5 Å². The molecule has 0 aromatic heterocycles. The molecule has 26 heavy (non-hydrogen) atoms. The SMILES string of the molecule is CCOc1ccccc1C1(C)NC(=O)N(CC(=O)c2ccccc2)C1=O. The molecule has 2 aromatic carbocycles. The van der Waals surface area contributed by atoms with Crippen LogP contribution in [0.2, 0.25) is 0 Å². The van der Waals surface area contributed by atoms with E-state index in [1.807, 2.05) is 6.92 Å². The zero-order valence-corrected chi connectivity index (χ0v) is 14.7. The Balaban J connectivity index is 1.88. The quantitative estimate of drug-likeness (QED) is 0.641. The van der Waals surface area contributed by atoms with E-state index in [1.54, 1.807) is 61.5 Å². The number of amides is 3. The molecular weight excluding hydrogens is 332 g/mol. The molecule has 0 saturated carbocycles. The van der Waals surface area contributed by atoms with Gasteiger partial charge in [-0.25, -0.2) is 4.79 Å². The summed E-state index contributed by atoms with van der Waals surface area (Å²) in [5.74, 6) is -0.238. The molecule has 0 radical (unpaired) electrons. The molecule has 1 saturated heterocycles. The van der Waals surface area contributed by atoms with Crippen LogP contribution in [-0.2, 0) is 10.3 Å². The number of benzene rings is 2. The second kappa shape index (κ2) is 7.00. The van der Waals surface area contributed by atoms with E-state index in [9.17, 15) is 14.4 Å². The van der Waals surface area contributed by atoms with Gasteiger partial charge in [0, 0.05) is 11.1 Å². The van der Waals surface area contributed by atoms with Crippen molar-refractivity contribution < 1.29 is 19.1 Å². The van der Waals surface area contributed by atoms with Gasteiger partial charge in [-0.1, -0.05) is 48.5 Å². The van der Waals surface area contributed by atoms with Gasteiger partial charge in [0.05, 0.1) is 13.2 Å². The van der Waals surface area contributed by atoms with Crippen molar-refractivity contribution in [3.05, 3.63) is 65.7 Å². The monoisotopic (exact) mass is 352 g/mol. The van der Waals surface area contributed by atoms with Gasteiger partial charge >= 0.3 is 6.03 Å². The molecular formula is C20H20N2O4. The number of imide groups is 1. The molecule has 1 atom stereocenters. The summed E-state index contributed by atoms with van der Waals surface area (Å²) in [4.78, 5) is 38.8. The molecule has 1 N–H and O–H groups in total. The van der Waals surface area contributed by atoms with Crippen molar-refractivity contribution in [1.29, 1.82) is 0 Å². The van der Waals surface area contributed by atoms with E-state index < -0.39 is 17.5 Å². The van der Waals surface area contributed by atoms with Crippen LogP contribution in [0.1, 0.15) is 29.8 Å². The summed E-state index contributed by atoms with van der Waals surface area (Å²) in [6.45, 7) is 3.60. The Labute approximate surface area is 151 Å². The molecule has 2 aromatic rings. The van der Waals surface area contributed by atoms with Crippen molar-refractivity contribution in [3.8, 4) is 5.75 Å². The fourth-order valence-corrected chi connectivity index (χ4v) is 3.04. The van der Waals surface area contributed by atoms with Crippen molar-refractivity contribution in [3.63, 3.8) is 0 Å². The van der Waals surface area contributed by atoms with Gasteiger partial charge in [0.15, 0.2) is 5.78 Å². The summed E-state index contributed by atoms with van der Waals surface area (Å²) in [7, 11) is 0. The Morgan fingerprint density at radius 3 is 2.42 bits per heavy atom. The zero-order chi connectivity index (χ0) is 18.7. The summed E-state index contributed by atoms with van der Waals surface area (Å²) in [6.07, 6.45) is 0. The normalized spacial score (nSPS) is 19.4. The second-order valence-corrected chi connectivity index (χ2v) is 6.16. The number of hydrogen-bond acceptors (Lipinski definition) is 4. The Kier molecular flexibility index (Phi) is 4.75. The van der Waals surface area contributed by atoms with E-state index in [4.69, 9.17) is 4.74 Å². The van der Waals surface area contributed by atoms with Crippen molar-refractivity contribution in [2.45, 2.75) is 19.4 Å². The number of rotatable bonds is 6. The van der Waals surface area contributed by atoms with Crippen LogP contribution in [0.4, 0.5) is 4.79 Å². The summed E-state index contributed by atoms with van der Waals surface area (Å²) in [5.41, 5.74) is -0.258. The summed E-state index contributed by atoms with van der Waals surface area (Å²) >= 11 is 0. The third-order valence-electron chi connectivity index (χ3n) is 4.40. The highest BCUT2D eigenvalue weighted by Gasteiger charge is 2.50. The van der Waals surface area contributed by atoms with Gasteiger partial charge in [-0.05, 0) is 19.9 Å². The highest BCUT2D eigenvalue weighted by Crippen LogP contribution is 2.35. The lowest BCUT2D eigenvalue weighted by Gasteiger charge is -2.24. The fourth-order valence-electron chi connectivity index (χ4n) is 3.04. The van der Waals surface area contributed by atoms with Gasteiger partial charge < -0.3 is 10.1 Å². The van der Waals surface area contributed by atoms with E-state index in [1.165, 1.54) is 0 Å². The first-order chi connectivity index (χ1) is 12.5. The molecule has 3 amide bonds. The summed E-state index contributed by atoms with van der Waals surface area (Å²) in [5, 5.41) is 2.71. The standard InChI is InChI=1S/C20H20N2O4/c1-3-26-17-12-8-7-11-15(17)20(2)18(24)22(19(25)21-20)13-16(23)14-9-5-4-6-10-14/h4-12H,3,13H2,1-2H3,(H,21,25). The van der Waals surface area contributed by atoms with Crippen molar-refractivity contribution >= 4 is 17.7 Å². The van der Waals surface area contributed by atoms with E-state index in [2.05, 4.69) is 5.32 Å². The molecule has 1 unspecified atom stereocenters. The zero-order valence-electron chi connectivity index (χ0n) is 14.7. The lowest BCUT2D eigenvalue weighted by atomic mass is 9.91. The minimum Gasteiger partial charge on any atom is -0.493 e. The predicted octanol–water partition coefficient (Wildman–Crippen LogP) is 2.74. The molecule has 6 nitrogen and oxygen atoms in total. The van der Waals surface area contributed by atoms with Gasteiger partial charge in [0.1, 0.15) is 11.3 Å². The van der Waals surface area contributed by atoms with Gasteiger partial charge in [-0.15, -0.1) is 0 Å². The largest absolute Gasteiger partial charge is 0.493 e. The average molecular weight is 352 g/mol. The third-order valence-corrected chi connectivity index (χ3v) is 4.40. The maximum absolute atomic E-state index is 13.0. The fraction of sp³-hybridized carbons (Fsp3) is 0.250. The number of ether oxygens (including phenoxy) is 1. The molecule has 1 aliphatic heterocycles. The number of carbonyl (C=O) groups is 3. The maximum Gasteiger partial charge on any atom is 0.325 e. The first-order valence-corrected chi connectivity index (χ1v) is 8.42. The van der Waals surface area contributed by atoms with Gasteiger partial charge in [-0.2, -0.15) is 0 Å². The number of ketones is 1. The minimum atomic E-state index is -1.28. The van der Waals surface area contributed by atoms with Gasteiger partial charge in [0.25, 0.3) is 5.91 Å². The van der Waals surface area contributed by atoms with Crippen LogP contribution in [0.25, 0.3) is 0 Å². The third kappa shape index (κ3) is 3.06. The smallest absolute Gasteiger partial charge is 0.325 e. The molecule has 134 valence electrons. The molecule has 1 heterocycles. The van der Waals surface area contributed by atoms with Crippen LogP contribution < -0.4 is 10.1 Å². The van der Waals surface area contributed by atoms with E-state index >= 15 is 0 Å². The number of Topliss-reactive ketones (excluding diaryl/α,β-unsaturated/α-hetero) is 1. The molecule has 0 bridgehead atoms. The first-order valence-electron chi connectivity index (χ1n) is 8.42. The van der Waals surface area contributed by atoms with Crippen LogP contribution in [0.3, 0.4) is 0 Å². The van der Waals surface area contributed by atoms with Crippen LogP contribution >= 0.6 is 0 Å². The highest BCUT2D eigenvalue weighted by atomic mass is 16.5. The van der Waals surface area contributed by atoms with E-state index in [0.717, 1.165) is 4.90 Å². The number of carbonyl (C=O) groups excluding carboxylic acids is 3. The van der Waals surface area contributed by atoms with Crippen LogP contribution in [0, 0.1) is 0 Å². The first kappa shape index (κ1) is 17.7. The average Bonchev–Trinajstić information content (AvgIpc) is 2.87. The Morgan fingerprint density at radius 2 is 1.73 bits per heavy atom. The molecule has 0 aliphatic carbocycles. The molecule has 1 fully saturated rings. The van der Waals surface area contributed by atoms with Crippen molar-refractivity contribution in [1.82, 2.24) is 10.2 Å². The number of nitrogens with zero attached hydrogens (tertiary/aromatic N) is 1. The summed E-state index contributed by atoms with van der Waals surface area (Å²) in [6, 6.07) is 15.1. The molecule has 0 spiro atoms. The topological polar surface area (TPSA) is 75.7 Å². The number of para-hydroxylation sites is 1. The molecule has 6 heteroatoms. The Morgan fingerprint density at radius 1 is 1.08 bits per heavy atom. The van der Waals surface area contributed by atoms with Crippen LogP contribution in [0.5, 0.6) is 5.75 Å². The number of urea groups is 1. The predicted molar refractivity (Wildman–Crippen MR) is 96.0 cm³/mol. The number of hydrogen-bond donors (Lipinski definition) is 1. The minimum absolute atomic E-state index is 0.295. The van der Waals surface area contributed by atoms with Crippen molar-refractivity contribution in [2.24, 2.45) is 0 Å². The van der Waals surface area contributed by atoms with Crippen LogP contribution in [-0.4, -0.2) is 35.8 Å². The maximum atomic E-state index is 13.0. The van der Waals surface area contributed by atoms with Crippen LogP contribution in [0.15, 0.2) is 54.6 Å². The van der Waals surface area contributed by atoms with Gasteiger partial charge in [0.2, 0.25) is 0 Å². The second-order valence-electron chi connectivity index (χ2n) is 6.16. The van der Waals surface area contributed by atoms with Gasteiger partial charge in [-0.3, -0.25) is 14.5 Å². The summed E-state index contributed by atoms with van der Waals surface area (Å²) < 4.78 is 5.59. The van der Waals surface area contributed by atoms with Crippen molar-refractivity contribution in [2.75, 3.05) is 13.2 Å². The van der Waals surface area contributed by atoms with E-state index in [-0.39, 0.29) is 12.3 Å². The lowest BCUT2D eigenvalue weighted by Crippen LogP contribution is -2.41. The highest BCUT2D eigenvalue weighted by molar-refractivity contribution is 6.11. The number of nitrogens with one attached hydrogen (secondary N) is 1. The molecule has 1 aliphatic rings. The molecule has 3 rings (SSSR count). The lowest BCUT2D eigenvalue weighted by molar-refractivity contribution is -0.130. The Bertz CT molecular complexity index is 850.